The summed E-state index contributed by atoms with van der Waals surface area (Å²) < 4.78 is 45.1. The topological polar surface area (TPSA) is 78.8 Å². The van der Waals surface area contributed by atoms with Gasteiger partial charge < -0.3 is 20.3 Å². The van der Waals surface area contributed by atoms with Crippen molar-refractivity contribution in [3.05, 3.63) is 76.4 Å². The van der Waals surface area contributed by atoms with Gasteiger partial charge in [0.05, 0.1) is 24.4 Å². The van der Waals surface area contributed by atoms with Crippen molar-refractivity contribution in [3.63, 3.8) is 0 Å². The summed E-state index contributed by atoms with van der Waals surface area (Å²) in [7, 11) is 0. The van der Waals surface area contributed by atoms with E-state index in [1.54, 1.807) is 6.92 Å². The molecule has 0 saturated carbocycles. The smallest absolute Gasteiger partial charge is 0.416 e. The van der Waals surface area contributed by atoms with E-state index in [0.29, 0.717) is 18.0 Å². The number of carboxylic acids is 1. The summed E-state index contributed by atoms with van der Waals surface area (Å²) in [5.41, 5.74) is 2.25. The Kier molecular flexibility index (Phi) is 8.98. The molecule has 0 heterocycles. The second kappa shape index (κ2) is 11.6. The van der Waals surface area contributed by atoms with Crippen LogP contribution < -0.4 is 5.32 Å². The highest BCUT2D eigenvalue weighted by Crippen LogP contribution is 2.34. The Morgan fingerprint density at radius 1 is 1.17 bits per heavy atom. The molecule has 0 saturated heterocycles. The fourth-order valence-corrected chi connectivity index (χ4v) is 4.81. The van der Waals surface area contributed by atoms with Gasteiger partial charge in [0.15, 0.2) is 0 Å². The van der Waals surface area contributed by atoms with Gasteiger partial charge in [0.25, 0.3) is 0 Å². The SMILES string of the molecule is C[C@@H](OC[C@H](O)CNC(C)(C)CC1Cc2ccccc2C1)c1ccc(C(F)(F)F)cc1C=CC(=O)O. The minimum atomic E-state index is -4.55. The number of aliphatic hydroxyl groups excluding tert-OH is 1. The summed E-state index contributed by atoms with van der Waals surface area (Å²) in [6, 6.07) is 11.6. The zero-order valence-corrected chi connectivity index (χ0v) is 20.8. The van der Waals surface area contributed by atoms with Crippen LogP contribution in [0.25, 0.3) is 6.08 Å². The maximum atomic E-state index is 13.1. The van der Waals surface area contributed by atoms with Gasteiger partial charge in [-0.05, 0) is 86.4 Å². The minimum Gasteiger partial charge on any atom is -0.478 e. The van der Waals surface area contributed by atoms with E-state index in [9.17, 15) is 23.1 Å². The van der Waals surface area contributed by atoms with Crippen LogP contribution in [0.1, 0.15) is 61.1 Å². The second-order valence-electron chi connectivity index (χ2n) is 10.2. The maximum absolute atomic E-state index is 13.1. The van der Waals surface area contributed by atoms with Crippen LogP contribution in [0, 0.1) is 5.92 Å². The second-order valence-corrected chi connectivity index (χ2v) is 10.2. The largest absolute Gasteiger partial charge is 0.478 e. The molecule has 0 amide bonds. The van der Waals surface area contributed by atoms with Crippen molar-refractivity contribution in [1.29, 1.82) is 0 Å². The van der Waals surface area contributed by atoms with Crippen molar-refractivity contribution in [3.8, 4) is 0 Å². The van der Waals surface area contributed by atoms with Crippen LogP contribution in [0.2, 0.25) is 0 Å². The number of benzene rings is 2. The molecule has 3 rings (SSSR count). The zero-order valence-electron chi connectivity index (χ0n) is 20.8. The maximum Gasteiger partial charge on any atom is 0.416 e. The first kappa shape index (κ1) is 27.9. The summed E-state index contributed by atoms with van der Waals surface area (Å²) in [6.45, 7) is 6.15. The van der Waals surface area contributed by atoms with E-state index in [1.807, 2.05) is 0 Å². The predicted molar refractivity (Wildman–Crippen MR) is 133 cm³/mol. The minimum absolute atomic E-state index is 0.0256. The monoisotopic (exact) mass is 505 g/mol. The molecule has 8 heteroatoms. The number of carboxylic acid groups (broad SMARTS) is 1. The number of aliphatic carboxylic acids is 1. The van der Waals surface area contributed by atoms with Crippen molar-refractivity contribution >= 4 is 12.0 Å². The fourth-order valence-electron chi connectivity index (χ4n) is 4.81. The zero-order chi connectivity index (χ0) is 26.5. The molecule has 0 radical (unpaired) electrons. The van der Waals surface area contributed by atoms with Gasteiger partial charge >= 0.3 is 12.1 Å². The molecule has 3 N–H and O–H groups in total. The van der Waals surface area contributed by atoms with Crippen molar-refractivity contribution < 1.29 is 32.9 Å². The molecule has 1 aliphatic carbocycles. The highest BCUT2D eigenvalue weighted by atomic mass is 19.4. The molecule has 2 atom stereocenters. The van der Waals surface area contributed by atoms with Gasteiger partial charge in [-0.25, -0.2) is 4.79 Å². The van der Waals surface area contributed by atoms with E-state index in [2.05, 4.69) is 43.4 Å². The molecule has 0 aromatic heterocycles. The molecular formula is C28H34F3NO4. The quantitative estimate of drug-likeness (QED) is 0.356. The van der Waals surface area contributed by atoms with E-state index >= 15 is 0 Å². The number of β-amino-alcohol motifs (C(OH)–C–C–N with tert-alkyl or cyclic N) is 1. The molecular weight excluding hydrogens is 471 g/mol. The lowest BCUT2D eigenvalue weighted by atomic mass is 9.88. The van der Waals surface area contributed by atoms with E-state index in [4.69, 9.17) is 9.84 Å². The van der Waals surface area contributed by atoms with E-state index in [1.165, 1.54) is 17.2 Å². The Morgan fingerprint density at radius 3 is 2.39 bits per heavy atom. The lowest BCUT2D eigenvalue weighted by Crippen LogP contribution is -2.45. The first-order valence-electron chi connectivity index (χ1n) is 12.1. The molecule has 0 fully saturated rings. The van der Waals surface area contributed by atoms with Gasteiger partial charge in [-0.1, -0.05) is 30.3 Å². The molecule has 2 aromatic rings. The molecule has 36 heavy (non-hydrogen) atoms. The standard InChI is InChI=1S/C28H34F3NO4/c1-18(25-10-9-23(28(29,30)31)14-22(25)8-11-26(34)35)36-17-24(33)16-32-27(2,3)15-19-12-20-6-4-5-7-21(20)13-19/h4-11,14,18-19,24,32-33H,12-13,15-17H2,1-3H3,(H,34,35)/t18-,24-/m1/s1. The number of hydrogen-bond acceptors (Lipinski definition) is 4. The third kappa shape index (κ3) is 7.91. The molecule has 0 spiro atoms. The fraction of sp³-hybridized carbons (Fsp3) is 0.464. The van der Waals surface area contributed by atoms with Gasteiger partial charge in [0.1, 0.15) is 0 Å². The van der Waals surface area contributed by atoms with E-state index in [-0.39, 0.29) is 17.7 Å². The van der Waals surface area contributed by atoms with Crippen LogP contribution in [0.4, 0.5) is 13.2 Å². The number of hydrogen-bond donors (Lipinski definition) is 3. The van der Waals surface area contributed by atoms with Gasteiger partial charge in [-0.15, -0.1) is 0 Å². The summed E-state index contributed by atoms with van der Waals surface area (Å²) in [5, 5.41) is 22.8. The third-order valence-corrected chi connectivity index (χ3v) is 6.55. The van der Waals surface area contributed by atoms with E-state index in [0.717, 1.165) is 43.5 Å². The highest BCUT2D eigenvalue weighted by Gasteiger charge is 2.31. The highest BCUT2D eigenvalue weighted by molar-refractivity contribution is 5.85. The Bertz CT molecular complexity index is 1060. The number of nitrogens with one attached hydrogen (secondary N) is 1. The summed E-state index contributed by atoms with van der Waals surface area (Å²) in [5.74, 6) is -0.729. The first-order valence-corrected chi connectivity index (χ1v) is 12.1. The van der Waals surface area contributed by atoms with Crippen LogP contribution in [-0.2, 0) is 28.5 Å². The van der Waals surface area contributed by atoms with Gasteiger partial charge in [0, 0.05) is 18.2 Å². The third-order valence-electron chi connectivity index (χ3n) is 6.55. The average molecular weight is 506 g/mol. The lowest BCUT2D eigenvalue weighted by molar-refractivity contribution is -0.137. The van der Waals surface area contributed by atoms with Crippen LogP contribution in [0.5, 0.6) is 0 Å². The Labute approximate surface area is 210 Å². The molecule has 0 unspecified atom stereocenters. The number of halogens is 3. The molecule has 5 nitrogen and oxygen atoms in total. The van der Waals surface area contributed by atoms with Gasteiger partial charge in [0.2, 0.25) is 0 Å². The number of fused-ring (bicyclic) bond motifs is 1. The Balaban J connectivity index is 1.53. The number of alkyl halides is 3. The normalized spacial score (nSPS) is 16.3. The van der Waals surface area contributed by atoms with Crippen LogP contribution in [0.3, 0.4) is 0 Å². The Morgan fingerprint density at radius 2 is 1.81 bits per heavy atom. The van der Waals surface area contributed by atoms with Crippen molar-refractivity contribution in [2.45, 2.75) is 64.0 Å². The number of carbonyl (C=O) groups is 1. The molecule has 196 valence electrons. The molecule has 1 aliphatic rings. The number of ether oxygens (including phenoxy) is 1. The van der Waals surface area contributed by atoms with E-state index < -0.39 is 29.9 Å². The summed E-state index contributed by atoms with van der Waals surface area (Å²) in [4.78, 5) is 10.9. The van der Waals surface area contributed by atoms with Crippen molar-refractivity contribution in [2.75, 3.05) is 13.2 Å². The van der Waals surface area contributed by atoms with Crippen molar-refractivity contribution in [2.24, 2.45) is 5.92 Å². The van der Waals surface area contributed by atoms with Gasteiger partial charge in [-0.3, -0.25) is 0 Å². The van der Waals surface area contributed by atoms with Gasteiger partial charge in [-0.2, -0.15) is 13.2 Å². The molecule has 2 aromatic carbocycles. The summed E-state index contributed by atoms with van der Waals surface area (Å²) >= 11 is 0. The molecule has 0 aliphatic heterocycles. The average Bonchev–Trinajstić information content (AvgIpc) is 3.20. The first-order chi connectivity index (χ1) is 16.8. The summed E-state index contributed by atoms with van der Waals surface area (Å²) in [6.07, 6.45) is -1.06. The predicted octanol–water partition coefficient (Wildman–Crippen LogP) is 5.42. The van der Waals surface area contributed by atoms with Crippen LogP contribution in [-0.4, -0.2) is 41.0 Å². The Hall–Kier alpha value is -2.68. The number of rotatable bonds is 11. The molecule has 0 bridgehead atoms. The lowest BCUT2D eigenvalue weighted by Gasteiger charge is -2.31. The van der Waals surface area contributed by atoms with Crippen LogP contribution in [0.15, 0.2) is 48.5 Å². The van der Waals surface area contributed by atoms with Crippen molar-refractivity contribution in [1.82, 2.24) is 5.32 Å². The number of aliphatic hydroxyl groups is 1. The van der Waals surface area contributed by atoms with Crippen LogP contribution >= 0.6 is 0 Å².